The van der Waals surface area contributed by atoms with E-state index in [2.05, 4.69) is 32.7 Å². The minimum absolute atomic E-state index is 0.0378. The molecule has 2 aliphatic rings. The van der Waals surface area contributed by atoms with E-state index in [-0.39, 0.29) is 11.8 Å². The number of piperidine rings is 1. The minimum atomic E-state index is 0.0378. The molecule has 0 aliphatic carbocycles. The van der Waals surface area contributed by atoms with Crippen LogP contribution in [0.5, 0.6) is 11.5 Å². The Morgan fingerprint density at radius 3 is 2.79 bits per heavy atom. The number of carbonyl (C=O) groups is 1. The van der Waals surface area contributed by atoms with Crippen LogP contribution in [-0.2, 0) is 4.79 Å². The zero-order valence-corrected chi connectivity index (χ0v) is 19.0. The molecule has 0 saturated carbocycles. The van der Waals surface area contributed by atoms with Crippen LogP contribution in [0.15, 0.2) is 42.6 Å². The maximum atomic E-state index is 12.4. The summed E-state index contributed by atoms with van der Waals surface area (Å²) in [6.07, 6.45) is 2.75. The van der Waals surface area contributed by atoms with Crippen LogP contribution in [0.4, 0.5) is 5.69 Å². The van der Waals surface area contributed by atoms with Crippen LogP contribution in [0.1, 0.15) is 6.42 Å². The molecule has 3 aromatic rings. The number of likely N-dealkylation sites (N-methyl/N-ethyl adjacent to an activating group) is 1. The summed E-state index contributed by atoms with van der Waals surface area (Å²) in [6, 6.07) is 11.9. The van der Waals surface area contributed by atoms with Gasteiger partial charge in [-0.25, -0.2) is 4.98 Å². The number of hydrogen-bond acceptors (Lipinski definition) is 7. The van der Waals surface area contributed by atoms with Gasteiger partial charge in [0.25, 0.3) is 0 Å². The lowest BCUT2D eigenvalue weighted by molar-refractivity contribution is -0.127. The van der Waals surface area contributed by atoms with Gasteiger partial charge in [-0.2, -0.15) is 0 Å². The molecule has 8 heteroatoms. The van der Waals surface area contributed by atoms with Crippen LogP contribution in [-0.4, -0.2) is 62.8 Å². The summed E-state index contributed by atoms with van der Waals surface area (Å²) in [7, 11) is 3.55. The molecule has 4 heterocycles. The molecule has 2 N–H and O–H groups in total. The number of benzene rings is 1. The number of hydrogen-bond donors (Lipinski definition) is 2. The second kappa shape index (κ2) is 9.23. The van der Waals surface area contributed by atoms with Crippen LogP contribution < -0.4 is 25.0 Å². The van der Waals surface area contributed by atoms with Crippen molar-refractivity contribution in [2.75, 3.05) is 51.8 Å². The fourth-order valence-corrected chi connectivity index (χ4v) is 4.77. The molecular formula is C25H29N5O3. The van der Waals surface area contributed by atoms with Crippen molar-refractivity contribution in [3.63, 3.8) is 0 Å². The summed E-state index contributed by atoms with van der Waals surface area (Å²) in [5, 5.41) is 7.13. The standard InChI is InChI=1S/C25H29N5O3/c1-26-9-10-33-18-4-6-21(28-13-18)23-12-24(19-5-3-17(32-2)11-22(19)29-23)30-14-16-7-8-27-25(31)20(16)15-30/h3-6,11-13,16,20,26H,7-10,14-15H2,1-2H3,(H,27,31). The lowest BCUT2D eigenvalue weighted by Crippen LogP contribution is -2.41. The number of ether oxygens (including phenoxy) is 2. The maximum Gasteiger partial charge on any atom is 0.225 e. The Bertz CT molecular complexity index is 1150. The summed E-state index contributed by atoms with van der Waals surface area (Å²) >= 11 is 0. The van der Waals surface area contributed by atoms with Crippen LogP contribution in [0.2, 0.25) is 0 Å². The highest BCUT2D eigenvalue weighted by molar-refractivity contribution is 5.95. The summed E-state index contributed by atoms with van der Waals surface area (Å²) < 4.78 is 11.1. The zero-order chi connectivity index (χ0) is 22.8. The smallest absolute Gasteiger partial charge is 0.225 e. The molecule has 8 nitrogen and oxygen atoms in total. The number of pyridine rings is 2. The Hall–Kier alpha value is -3.39. The Morgan fingerprint density at radius 1 is 1.15 bits per heavy atom. The first kappa shape index (κ1) is 21.5. The summed E-state index contributed by atoms with van der Waals surface area (Å²) in [6.45, 7) is 3.71. The molecule has 1 amide bonds. The van der Waals surface area contributed by atoms with Crippen molar-refractivity contribution in [1.82, 2.24) is 20.6 Å². The van der Waals surface area contributed by atoms with Crippen molar-refractivity contribution < 1.29 is 14.3 Å². The predicted molar refractivity (Wildman–Crippen MR) is 128 cm³/mol. The quantitative estimate of drug-likeness (QED) is 0.538. The van der Waals surface area contributed by atoms with Gasteiger partial charge in [-0.1, -0.05) is 0 Å². The highest BCUT2D eigenvalue weighted by Crippen LogP contribution is 2.38. The average molecular weight is 448 g/mol. The van der Waals surface area contributed by atoms with Crippen molar-refractivity contribution in [3.8, 4) is 22.9 Å². The second-order valence-corrected chi connectivity index (χ2v) is 8.59. The number of amides is 1. The van der Waals surface area contributed by atoms with E-state index < -0.39 is 0 Å². The van der Waals surface area contributed by atoms with E-state index in [1.807, 2.05) is 31.3 Å². The zero-order valence-electron chi connectivity index (χ0n) is 19.0. The molecule has 172 valence electrons. The first-order chi connectivity index (χ1) is 16.2. The van der Waals surface area contributed by atoms with E-state index >= 15 is 0 Å². The largest absolute Gasteiger partial charge is 0.497 e. The number of fused-ring (bicyclic) bond motifs is 2. The molecule has 2 fully saturated rings. The van der Waals surface area contributed by atoms with Gasteiger partial charge in [0.15, 0.2) is 0 Å². The fourth-order valence-electron chi connectivity index (χ4n) is 4.77. The van der Waals surface area contributed by atoms with Gasteiger partial charge in [-0.15, -0.1) is 0 Å². The lowest BCUT2D eigenvalue weighted by atomic mass is 9.89. The number of methoxy groups -OCH3 is 1. The Labute approximate surface area is 193 Å². The highest BCUT2D eigenvalue weighted by Gasteiger charge is 2.40. The monoisotopic (exact) mass is 447 g/mol. The van der Waals surface area contributed by atoms with Gasteiger partial charge in [0.2, 0.25) is 5.91 Å². The lowest BCUT2D eigenvalue weighted by Gasteiger charge is -2.23. The molecule has 2 unspecified atom stereocenters. The maximum absolute atomic E-state index is 12.4. The van der Waals surface area contributed by atoms with Crippen LogP contribution in [0, 0.1) is 11.8 Å². The van der Waals surface area contributed by atoms with Gasteiger partial charge in [-0.3, -0.25) is 9.78 Å². The van der Waals surface area contributed by atoms with Gasteiger partial charge >= 0.3 is 0 Å². The Kier molecular flexibility index (Phi) is 6.00. The molecule has 1 aromatic carbocycles. The number of anilines is 1. The fraction of sp³-hybridized carbons (Fsp3) is 0.400. The third kappa shape index (κ3) is 4.30. The number of nitrogens with one attached hydrogen (secondary N) is 2. The predicted octanol–water partition coefficient (Wildman–Crippen LogP) is 2.48. The summed E-state index contributed by atoms with van der Waals surface area (Å²) in [5.41, 5.74) is 3.48. The van der Waals surface area contributed by atoms with E-state index in [1.165, 1.54) is 0 Å². The molecule has 2 aromatic heterocycles. The molecule has 0 bridgehead atoms. The molecule has 33 heavy (non-hydrogen) atoms. The van der Waals surface area contributed by atoms with Crippen molar-refractivity contribution in [2.24, 2.45) is 11.8 Å². The van der Waals surface area contributed by atoms with E-state index in [9.17, 15) is 4.79 Å². The van der Waals surface area contributed by atoms with Gasteiger partial charge < -0.3 is 25.0 Å². The van der Waals surface area contributed by atoms with Crippen molar-refractivity contribution >= 4 is 22.5 Å². The Balaban J connectivity index is 1.51. The number of carbonyl (C=O) groups excluding carboxylic acids is 1. The molecule has 2 saturated heterocycles. The topological polar surface area (TPSA) is 88.6 Å². The Morgan fingerprint density at radius 2 is 2.03 bits per heavy atom. The second-order valence-electron chi connectivity index (χ2n) is 8.59. The number of nitrogens with zero attached hydrogens (tertiary/aromatic N) is 3. The molecule has 0 radical (unpaired) electrons. The van der Waals surface area contributed by atoms with Gasteiger partial charge in [0.1, 0.15) is 18.1 Å². The van der Waals surface area contributed by atoms with Crippen LogP contribution >= 0.6 is 0 Å². The van der Waals surface area contributed by atoms with Gasteiger partial charge in [0.05, 0.1) is 36.1 Å². The van der Waals surface area contributed by atoms with E-state index in [4.69, 9.17) is 14.5 Å². The average Bonchev–Trinajstić information content (AvgIpc) is 3.29. The van der Waals surface area contributed by atoms with Gasteiger partial charge in [0, 0.05) is 43.3 Å². The third-order valence-corrected chi connectivity index (χ3v) is 6.55. The van der Waals surface area contributed by atoms with E-state index in [0.717, 1.165) is 65.5 Å². The SMILES string of the molecule is CNCCOc1ccc(-c2cc(N3CC4CCNC(=O)C4C3)c3ccc(OC)cc3n2)nc1. The third-order valence-electron chi connectivity index (χ3n) is 6.55. The minimum Gasteiger partial charge on any atom is -0.497 e. The van der Waals surface area contributed by atoms with Gasteiger partial charge in [-0.05, 0) is 49.7 Å². The number of aromatic nitrogens is 2. The van der Waals surface area contributed by atoms with E-state index in [0.29, 0.717) is 19.1 Å². The summed E-state index contributed by atoms with van der Waals surface area (Å²) in [5.74, 6) is 2.08. The molecule has 5 rings (SSSR count). The molecule has 0 spiro atoms. The van der Waals surface area contributed by atoms with Crippen LogP contribution in [0.25, 0.3) is 22.3 Å². The van der Waals surface area contributed by atoms with Crippen molar-refractivity contribution in [3.05, 3.63) is 42.6 Å². The normalized spacial score (nSPS) is 19.9. The molecule has 2 atom stereocenters. The van der Waals surface area contributed by atoms with Crippen LogP contribution in [0.3, 0.4) is 0 Å². The first-order valence-electron chi connectivity index (χ1n) is 11.4. The van der Waals surface area contributed by atoms with E-state index in [1.54, 1.807) is 13.3 Å². The van der Waals surface area contributed by atoms with Crippen molar-refractivity contribution in [1.29, 1.82) is 0 Å². The molecule has 2 aliphatic heterocycles. The van der Waals surface area contributed by atoms with Crippen molar-refractivity contribution in [2.45, 2.75) is 6.42 Å². The first-order valence-corrected chi connectivity index (χ1v) is 11.4. The summed E-state index contributed by atoms with van der Waals surface area (Å²) in [4.78, 5) is 24.3. The number of rotatable bonds is 7. The molecular weight excluding hydrogens is 418 g/mol. The highest BCUT2D eigenvalue weighted by atomic mass is 16.5.